The Labute approximate surface area is 139 Å². The van der Waals surface area contributed by atoms with E-state index in [1.165, 1.54) is 37.8 Å². The number of ether oxygens (including phenoxy) is 1. The lowest BCUT2D eigenvalue weighted by Crippen LogP contribution is -2.39. The van der Waals surface area contributed by atoms with Crippen LogP contribution in [0.25, 0.3) is 0 Å². The second kappa shape index (κ2) is 10.9. The minimum absolute atomic E-state index is 0.650. The van der Waals surface area contributed by atoms with Gasteiger partial charge < -0.3 is 10.1 Å². The zero-order chi connectivity index (χ0) is 15.5. The standard InChI is InChI=1S/C16H30N4OS/c22-16(17-9-6-10-20-11-13-21-14-12-20)19-18-15-7-4-2-1-3-5-8-15/h1-14H2,(H2,17,19,22). The molecule has 1 aliphatic carbocycles. The molecule has 2 rings (SSSR count). The van der Waals surface area contributed by atoms with Gasteiger partial charge in [0.25, 0.3) is 0 Å². The van der Waals surface area contributed by atoms with Crippen LogP contribution >= 0.6 is 12.2 Å². The van der Waals surface area contributed by atoms with Gasteiger partial charge in [0.2, 0.25) is 0 Å². The molecule has 0 spiro atoms. The van der Waals surface area contributed by atoms with Gasteiger partial charge in [-0.3, -0.25) is 10.3 Å². The topological polar surface area (TPSA) is 48.9 Å². The van der Waals surface area contributed by atoms with Crippen LogP contribution in [-0.2, 0) is 4.74 Å². The lowest BCUT2D eigenvalue weighted by molar-refractivity contribution is 0.0376. The number of rotatable bonds is 5. The highest BCUT2D eigenvalue weighted by Crippen LogP contribution is 2.14. The van der Waals surface area contributed by atoms with Crippen LogP contribution in [0.5, 0.6) is 0 Å². The first kappa shape index (κ1) is 17.6. The van der Waals surface area contributed by atoms with E-state index in [2.05, 4.69) is 20.7 Å². The molecule has 1 saturated carbocycles. The number of hydrogen-bond acceptors (Lipinski definition) is 4. The maximum atomic E-state index is 5.35. The van der Waals surface area contributed by atoms with Crippen molar-refractivity contribution in [3.63, 3.8) is 0 Å². The Morgan fingerprint density at radius 1 is 1.09 bits per heavy atom. The number of thiocarbonyl (C=S) groups is 1. The van der Waals surface area contributed by atoms with Gasteiger partial charge >= 0.3 is 0 Å². The predicted molar refractivity (Wildman–Crippen MR) is 95.4 cm³/mol. The molecule has 0 aromatic rings. The molecule has 126 valence electrons. The van der Waals surface area contributed by atoms with Crippen molar-refractivity contribution in [1.82, 2.24) is 15.6 Å². The van der Waals surface area contributed by atoms with Crippen LogP contribution in [0, 0.1) is 0 Å². The van der Waals surface area contributed by atoms with Crippen LogP contribution in [0.4, 0.5) is 0 Å². The summed E-state index contributed by atoms with van der Waals surface area (Å²) in [5, 5.41) is 8.38. The van der Waals surface area contributed by atoms with Crippen molar-refractivity contribution in [2.45, 2.75) is 51.4 Å². The van der Waals surface area contributed by atoms with Crippen molar-refractivity contribution in [2.24, 2.45) is 5.10 Å². The lowest BCUT2D eigenvalue weighted by atomic mass is 9.99. The van der Waals surface area contributed by atoms with Gasteiger partial charge in [0.1, 0.15) is 0 Å². The van der Waals surface area contributed by atoms with Crippen molar-refractivity contribution in [1.29, 1.82) is 0 Å². The summed E-state index contributed by atoms with van der Waals surface area (Å²) in [5.74, 6) is 0. The third-order valence-electron chi connectivity index (χ3n) is 4.29. The average molecular weight is 327 g/mol. The highest BCUT2D eigenvalue weighted by Gasteiger charge is 2.09. The molecule has 1 aliphatic heterocycles. The van der Waals surface area contributed by atoms with Gasteiger partial charge in [0.05, 0.1) is 13.2 Å². The molecular formula is C16H30N4OS. The highest BCUT2D eigenvalue weighted by atomic mass is 32.1. The maximum absolute atomic E-state index is 5.35. The second-order valence-electron chi connectivity index (χ2n) is 6.12. The molecule has 6 heteroatoms. The van der Waals surface area contributed by atoms with E-state index in [4.69, 9.17) is 17.0 Å². The van der Waals surface area contributed by atoms with Crippen molar-refractivity contribution < 1.29 is 4.74 Å². The molecule has 0 aromatic heterocycles. The molecule has 0 amide bonds. The zero-order valence-electron chi connectivity index (χ0n) is 13.6. The smallest absolute Gasteiger partial charge is 0.186 e. The van der Waals surface area contributed by atoms with E-state index in [0.29, 0.717) is 5.11 Å². The minimum atomic E-state index is 0.650. The van der Waals surface area contributed by atoms with E-state index in [9.17, 15) is 0 Å². The Hall–Kier alpha value is -0.720. The van der Waals surface area contributed by atoms with Crippen LogP contribution in [0.2, 0.25) is 0 Å². The third-order valence-corrected chi connectivity index (χ3v) is 4.52. The largest absolute Gasteiger partial charge is 0.379 e. The van der Waals surface area contributed by atoms with Crippen LogP contribution in [0.3, 0.4) is 0 Å². The fourth-order valence-electron chi connectivity index (χ4n) is 2.92. The molecule has 2 fully saturated rings. The van der Waals surface area contributed by atoms with Gasteiger partial charge in [-0.15, -0.1) is 0 Å². The SMILES string of the molecule is S=C(NCCCN1CCOCC1)NN=C1CCCCCCC1. The Morgan fingerprint density at radius 3 is 2.50 bits per heavy atom. The van der Waals surface area contributed by atoms with E-state index in [0.717, 1.165) is 58.7 Å². The third kappa shape index (κ3) is 7.51. The summed E-state index contributed by atoms with van der Waals surface area (Å²) in [6.07, 6.45) is 9.91. The molecule has 1 heterocycles. The van der Waals surface area contributed by atoms with E-state index in [-0.39, 0.29) is 0 Å². The second-order valence-corrected chi connectivity index (χ2v) is 6.53. The molecule has 0 unspecified atom stereocenters. The summed E-state index contributed by atoms with van der Waals surface area (Å²) >= 11 is 5.29. The predicted octanol–water partition coefficient (Wildman–Crippen LogP) is 2.27. The Bertz CT molecular complexity index is 346. The Balaban J connectivity index is 1.54. The van der Waals surface area contributed by atoms with Crippen LogP contribution in [0.15, 0.2) is 5.10 Å². The zero-order valence-corrected chi connectivity index (χ0v) is 14.4. The minimum Gasteiger partial charge on any atom is -0.379 e. The Morgan fingerprint density at radius 2 is 1.77 bits per heavy atom. The molecule has 0 bridgehead atoms. The molecule has 1 saturated heterocycles. The fourth-order valence-corrected chi connectivity index (χ4v) is 3.07. The number of nitrogens with zero attached hydrogens (tertiary/aromatic N) is 2. The number of hydrazone groups is 1. The van der Waals surface area contributed by atoms with E-state index in [1.54, 1.807) is 0 Å². The number of hydrogen-bond donors (Lipinski definition) is 2. The molecule has 2 N–H and O–H groups in total. The molecular weight excluding hydrogens is 296 g/mol. The van der Waals surface area contributed by atoms with Crippen molar-refractivity contribution >= 4 is 23.0 Å². The first-order chi connectivity index (χ1) is 10.8. The summed E-state index contributed by atoms with van der Waals surface area (Å²) in [7, 11) is 0. The molecule has 0 aromatic carbocycles. The average Bonchev–Trinajstić information content (AvgIpc) is 2.51. The molecule has 22 heavy (non-hydrogen) atoms. The molecule has 0 radical (unpaired) electrons. The van der Waals surface area contributed by atoms with Crippen molar-refractivity contribution in [3.05, 3.63) is 0 Å². The van der Waals surface area contributed by atoms with Gasteiger partial charge in [-0.2, -0.15) is 5.10 Å². The Kier molecular flexibility index (Phi) is 8.75. The van der Waals surface area contributed by atoms with Crippen LogP contribution < -0.4 is 10.7 Å². The quantitative estimate of drug-likeness (QED) is 0.461. The van der Waals surface area contributed by atoms with Gasteiger partial charge in [0.15, 0.2) is 5.11 Å². The lowest BCUT2D eigenvalue weighted by Gasteiger charge is -2.26. The summed E-state index contributed by atoms with van der Waals surface area (Å²) < 4.78 is 5.35. The van der Waals surface area contributed by atoms with Crippen molar-refractivity contribution in [2.75, 3.05) is 39.4 Å². The summed E-state index contributed by atoms with van der Waals surface area (Å²) in [4.78, 5) is 2.44. The van der Waals surface area contributed by atoms with Gasteiger partial charge in [0, 0.05) is 25.3 Å². The first-order valence-electron chi connectivity index (χ1n) is 8.74. The highest BCUT2D eigenvalue weighted by molar-refractivity contribution is 7.80. The van der Waals surface area contributed by atoms with Crippen LogP contribution in [0.1, 0.15) is 51.4 Å². The van der Waals surface area contributed by atoms with Crippen molar-refractivity contribution in [3.8, 4) is 0 Å². The van der Waals surface area contributed by atoms with E-state index >= 15 is 0 Å². The van der Waals surface area contributed by atoms with Gasteiger partial charge in [-0.1, -0.05) is 19.3 Å². The summed E-state index contributed by atoms with van der Waals surface area (Å²) in [5.41, 5.74) is 4.29. The molecule has 0 atom stereocenters. The normalized spacial score (nSPS) is 20.8. The fraction of sp³-hybridized carbons (Fsp3) is 0.875. The van der Waals surface area contributed by atoms with Gasteiger partial charge in [-0.05, 0) is 50.9 Å². The van der Waals surface area contributed by atoms with Gasteiger partial charge in [-0.25, -0.2) is 0 Å². The van der Waals surface area contributed by atoms with E-state index in [1.807, 2.05) is 0 Å². The first-order valence-corrected chi connectivity index (χ1v) is 9.15. The van der Waals surface area contributed by atoms with E-state index < -0.39 is 0 Å². The van der Waals surface area contributed by atoms with Crippen LogP contribution in [-0.4, -0.2) is 55.1 Å². The number of morpholine rings is 1. The number of nitrogens with one attached hydrogen (secondary N) is 2. The summed E-state index contributed by atoms with van der Waals surface area (Å²) in [6.45, 7) is 5.84. The maximum Gasteiger partial charge on any atom is 0.186 e. The molecule has 2 aliphatic rings. The molecule has 5 nitrogen and oxygen atoms in total. The monoisotopic (exact) mass is 326 g/mol. The summed E-state index contributed by atoms with van der Waals surface area (Å²) in [6, 6.07) is 0.